The molecule has 106 valence electrons. The Balaban J connectivity index is 2.01. The van der Waals surface area contributed by atoms with E-state index in [0.29, 0.717) is 29.3 Å². The van der Waals surface area contributed by atoms with E-state index in [4.69, 9.17) is 16.9 Å². The summed E-state index contributed by atoms with van der Waals surface area (Å²) in [5.41, 5.74) is 21.5. The van der Waals surface area contributed by atoms with Gasteiger partial charge in [-0.05, 0) is 30.3 Å². The summed E-state index contributed by atoms with van der Waals surface area (Å²) < 4.78 is 0. The molecule has 0 amide bonds. The number of hydrogen-bond acceptors (Lipinski definition) is 6. The Labute approximate surface area is 122 Å². The average molecular weight is 280 g/mol. The Morgan fingerprint density at radius 3 is 2.71 bits per heavy atom. The van der Waals surface area contributed by atoms with Crippen LogP contribution in [0.3, 0.4) is 0 Å². The number of aliphatic imine (C=N–C) groups is 1. The highest BCUT2D eigenvalue weighted by atomic mass is 15.5. The SMILES string of the molecule is N=C(c1cccc(N)c1)c1cc(C2=NCNN2)ccc1N. The summed E-state index contributed by atoms with van der Waals surface area (Å²) in [6.45, 7) is 0.529. The molecule has 21 heavy (non-hydrogen) atoms. The number of hydrogen-bond donors (Lipinski definition) is 5. The summed E-state index contributed by atoms with van der Waals surface area (Å²) in [4.78, 5) is 4.29. The van der Waals surface area contributed by atoms with Crippen LogP contribution in [0.15, 0.2) is 47.5 Å². The fourth-order valence-corrected chi connectivity index (χ4v) is 2.21. The predicted octanol–water partition coefficient (Wildman–Crippen LogP) is 1.08. The van der Waals surface area contributed by atoms with Crippen LogP contribution in [0.4, 0.5) is 11.4 Å². The molecule has 0 bridgehead atoms. The number of nitrogens with zero attached hydrogens (tertiary/aromatic N) is 1. The molecule has 0 unspecified atom stereocenters. The minimum Gasteiger partial charge on any atom is -0.399 e. The zero-order chi connectivity index (χ0) is 14.8. The first-order valence-corrected chi connectivity index (χ1v) is 6.53. The number of benzene rings is 2. The lowest BCUT2D eigenvalue weighted by molar-refractivity contribution is 0.727. The van der Waals surface area contributed by atoms with Gasteiger partial charge >= 0.3 is 0 Å². The van der Waals surface area contributed by atoms with Crippen LogP contribution in [-0.4, -0.2) is 18.2 Å². The summed E-state index contributed by atoms with van der Waals surface area (Å²) in [6, 6.07) is 12.8. The van der Waals surface area contributed by atoms with Crippen molar-refractivity contribution in [3.8, 4) is 0 Å². The molecule has 6 heteroatoms. The van der Waals surface area contributed by atoms with E-state index in [0.717, 1.165) is 17.0 Å². The second-order valence-electron chi connectivity index (χ2n) is 4.77. The maximum atomic E-state index is 8.36. The van der Waals surface area contributed by atoms with Gasteiger partial charge < -0.3 is 16.9 Å². The van der Waals surface area contributed by atoms with E-state index in [2.05, 4.69) is 15.8 Å². The van der Waals surface area contributed by atoms with Crippen LogP contribution in [0.25, 0.3) is 0 Å². The minimum atomic E-state index is 0.341. The lowest BCUT2D eigenvalue weighted by Crippen LogP contribution is -2.30. The summed E-state index contributed by atoms with van der Waals surface area (Å²) in [6.07, 6.45) is 0. The van der Waals surface area contributed by atoms with Crippen LogP contribution in [0.5, 0.6) is 0 Å². The monoisotopic (exact) mass is 280 g/mol. The van der Waals surface area contributed by atoms with Gasteiger partial charge in [0.15, 0.2) is 0 Å². The topological polar surface area (TPSA) is 112 Å². The number of nitrogens with two attached hydrogens (primary N) is 2. The molecule has 6 nitrogen and oxygen atoms in total. The third kappa shape index (κ3) is 2.56. The quantitative estimate of drug-likeness (QED) is 0.427. The normalized spacial score (nSPS) is 13.6. The summed E-state index contributed by atoms with van der Waals surface area (Å²) in [7, 11) is 0. The second-order valence-corrected chi connectivity index (χ2v) is 4.77. The summed E-state index contributed by atoms with van der Waals surface area (Å²) in [5, 5.41) is 8.36. The molecule has 0 saturated carbocycles. The van der Waals surface area contributed by atoms with Crippen LogP contribution in [-0.2, 0) is 0 Å². The first kappa shape index (κ1) is 13.1. The van der Waals surface area contributed by atoms with E-state index in [-0.39, 0.29) is 0 Å². The fourth-order valence-electron chi connectivity index (χ4n) is 2.21. The molecule has 0 spiro atoms. The van der Waals surface area contributed by atoms with Crippen molar-refractivity contribution in [3.63, 3.8) is 0 Å². The van der Waals surface area contributed by atoms with Crippen molar-refractivity contribution >= 4 is 22.9 Å². The third-order valence-corrected chi connectivity index (χ3v) is 3.29. The molecule has 0 fully saturated rings. The molecule has 0 aliphatic carbocycles. The molecule has 0 atom stereocenters. The lowest BCUT2D eigenvalue weighted by atomic mass is 9.98. The van der Waals surface area contributed by atoms with Crippen molar-refractivity contribution in [1.29, 1.82) is 5.41 Å². The molecule has 0 radical (unpaired) electrons. The molecule has 1 heterocycles. The molecule has 7 N–H and O–H groups in total. The van der Waals surface area contributed by atoms with Crippen molar-refractivity contribution in [2.75, 3.05) is 18.1 Å². The van der Waals surface area contributed by atoms with Gasteiger partial charge in [-0.3, -0.25) is 5.41 Å². The number of anilines is 2. The predicted molar refractivity (Wildman–Crippen MR) is 85.3 cm³/mol. The van der Waals surface area contributed by atoms with Gasteiger partial charge in [0.25, 0.3) is 0 Å². The van der Waals surface area contributed by atoms with Gasteiger partial charge in [0.1, 0.15) is 12.5 Å². The van der Waals surface area contributed by atoms with E-state index in [1.807, 2.05) is 24.3 Å². The Hall–Kier alpha value is -2.86. The van der Waals surface area contributed by atoms with Crippen molar-refractivity contribution in [1.82, 2.24) is 10.9 Å². The standard InChI is InChI=1S/C15H16N6/c16-11-3-1-2-9(6-11)14(18)12-7-10(4-5-13(12)17)15-19-8-20-21-15/h1-7,18,20H,8,16-17H2,(H,19,21). The smallest absolute Gasteiger partial charge is 0.144 e. The number of nitrogen functional groups attached to an aromatic ring is 2. The molecule has 0 saturated heterocycles. The zero-order valence-corrected chi connectivity index (χ0v) is 11.4. The highest BCUT2D eigenvalue weighted by Crippen LogP contribution is 2.20. The van der Waals surface area contributed by atoms with Crippen LogP contribution >= 0.6 is 0 Å². The fraction of sp³-hybridized carbons (Fsp3) is 0.0667. The van der Waals surface area contributed by atoms with Crippen molar-refractivity contribution < 1.29 is 0 Å². The molecule has 0 aromatic heterocycles. The van der Waals surface area contributed by atoms with Gasteiger partial charge in [0.05, 0.1) is 5.71 Å². The van der Waals surface area contributed by atoms with Gasteiger partial charge in [0, 0.05) is 28.1 Å². The average Bonchev–Trinajstić information content (AvgIpc) is 3.01. The Morgan fingerprint density at radius 1 is 1.14 bits per heavy atom. The highest BCUT2D eigenvalue weighted by Gasteiger charge is 2.13. The van der Waals surface area contributed by atoms with E-state index in [1.165, 1.54) is 0 Å². The Bertz CT molecular complexity index is 735. The van der Waals surface area contributed by atoms with Gasteiger partial charge in [-0.15, -0.1) is 0 Å². The summed E-state index contributed by atoms with van der Waals surface area (Å²) >= 11 is 0. The number of nitrogens with one attached hydrogen (secondary N) is 3. The molecular formula is C15H16N6. The van der Waals surface area contributed by atoms with Gasteiger partial charge in [-0.1, -0.05) is 12.1 Å². The molecule has 1 aliphatic heterocycles. The van der Waals surface area contributed by atoms with Gasteiger partial charge in [-0.25, -0.2) is 10.4 Å². The molecule has 1 aliphatic rings. The number of rotatable bonds is 3. The number of hydrazine groups is 1. The van der Waals surface area contributed by atoms with Crippen molar-refractivity contribution in [2.24, 2.45) is 4.99 Å². The van der Waals surface area contributed by atoms with Crippen LogP contribution in [0.2, 0.25) is 0 Å². The minimum absolute atomic E-state index is 0.341. The van der Waals surface area contributed by atoms with E-state index < -0.39 is 0 Å². The molecule has 2 aromatic rings. The first-order valence-electron chi connectivity index (χ1n) is 6.53. The lowest BCUT2D eigenvalue weighted by Gasteiger charge is -2.11. The highest BCUT2D eigenvalue weighted by molar-refractivity contribution is 6.15. The summed E-state index contributed by atoms with van der Waals surface area (Å²) in [5.74, 6) is 0.747. The largest absolute Gasteiger partial charge is 0.399 e. The Morgan fingerprint density at radius 2 is 2.00 bits per heavy atom. The maximum Gasteiger partial charge on any atom is 0.144 e. The van der Waals surface area contributed by atoms with Gasteiger partial charge in [0.2, 0.25) is 0 Å². The van der Waals surface area contributed by atoms with Crippen molar-refractivity contribution in [2.45, 2.75) is 0 Å². The first-order chi connectivity index (χ1) is 10.1. The van der Waals surface area contributed by atoms with Crippen molar-refractivity contribution in [3.05, 3.63) is 59.2 Å². The molecule has 2 aromatic carbocycles. The van der Waals surface area contributed by atoms with Crippen LogP contribution in [0.1, 0.15) is 16.7 Å². The van der Waals surface area contributed by atoms with E-state index >= 15 is 0 Å². The Kier molecular flexibility index (Phi) is 3.29. The number of amidine groups is 1. The van der Waals surface area contributed by atoms with Crippen LogP contribution in [0, 0.1) is 5.41 Å². The molecule has 3 rings (SSSR count). The van der Waals surface area contributed by atoms with Gasteiger partial charge in [-0.2, -0.15) is 0 Å². The van der Waals surface area contributed by atoms with Crippen LogP contribution < -0.4 is 22.3 Å². The van der Waals surface area contributed by atoms with E-state index in [1.54, 1.807) is 18.2 Å². The van der Waals surface area contributed by atoms with E-state index in [9.17, 15) is 0 Å². The molecular weight excluding hydrogens is 264 g/mol. The third-order valence-electron chi connectivity index (χ3n) is 3.29. The zero-order valence-electron chi connectivity index (χ0n) is 11.4. The maximum absolute atomic E-state index is 8.36. The second kappa shape index (κ2) is 5.26.